The van der Waals surface area contributed by atoms with E-state index in [1.165, 1.54) is 0 Å². The van der Waals surface area contributed by atoms with Crippen molar-refractivity contribution >= 4 is 29.9 Å². The van der Waals surface area contributed by atoms with E-state index < -0.39 is 0 Å². The molecule has 26 heavy (non-hydrogen) atoms. The average Bonchev–Trinajstić information content (AvgIpc) is 2.67. The number of hydrogen-bond donors (Lipinski definition) is 3. The number of ether oxygens (including phenoxy) is 1. The van der Waals surface area contributed by atoms with Crippen LogP contribution in [-0.4, -0.2) is 42.9 Å². The van der Waals surface area contributed by atoms with E-state index in [9.17, 15) is 5.11 Å². The summed E-state index contributed by atoms with van der Waals surface area (Å²) in [7, 11) is 1.60. The molecule has 0 bridgehead atoms. The Morgan fingerprint density at radius 3 is 2.62 bits per heavy atom. The standard InChI is InChI=1S/C19H26N4O2.HI/c1-3-20-19(22-12-16-10-7-11-21-18(16)25-2)23-13-17(14-24)15-8-5-4-6-9-15;/h4-11,17,24H,3,12-14H2,1-2H3,(H2,20,22,23);1H. The Labute approximate surface area is 172 Å². The van der Waals surface area contributed by atoms with Gasteiger partial charge in [-0.05, 0) is 18.6 Å². The third-order valence-electron chi connectivity index (χ3n) is 3.80. The van der Waals surface area contributed by atoms with Crippen molar-refractivity contribution in [2.24, 2.45) is 4.99 Å². The maximum atomic E-state index is 9.67. The number of pyridine rings is 1. The van der Waals surface area contributed by atoms with Crippen molar-refractivity contribution in [1.29, 1.82) is 0 Å². The van der Waals surface area contributed by atoms with E-state index in [-0.39, 0.29) is 36.5 Å². The van der Waals surface area contributed by atoms with E-state index in [0.717, 1.165) is 17.7 Å². The zero-order valence-corrected chi connectivity index (χ0v) is 17.5. The molecule has 1 aromatic heterocycles. The molecule has 1 unspecified atom stereocenters. The van der Waals surface area contributed by atoms with Crippen molar-refractivity contribution < 1.29 is 9.84 Å². The molecule has 0 aliphatic carbocycles. The summed E-state index contributed by atoms with van der Waals surface area (Å²) in [4.78, 5) is 8.77. The van der Waals surface area contributed by atoms with Crippen LogP contribution in [0.4, 0.5) is 0 Å². The summed E-state index contributed by atoms with van der Waals surface area (Å²) < 4.78 is 5.26. The number of hydrogen-bond acceptors (Lipinski definition) is 4. The van der Waals surface area contributed by atoms with Crippen LogP contribution in [0.2, 0.25) is 0 Å². The number of nitrogens with one attached hydrogen (secondary N) is 2. The lowest BCUT2D eigenvalue weighted by Gasteiger charge is -2.18. The SMILES string of the molecule is CCNC(=NCc1cccnc1OC)NCC(CO)c1ccccc1.I. The Balaban J connectivity index is 0.00000338. The molecule has 0 aliphatic rings. The molecule has 0 amide bonds. The first-order valence-corrected chi connectivity index (χ1v) is 8.44. The maximum absolute atomic E-state index is 9.67. The third kappa shape index (κ3) is 6.80. The Bertz CT molecular complexity index is 668. The van der Waals surface area contributed by atoms with Crippen LogP contribution < -0.4 is 15.4 Å². The minimum atomic E-state index is 0. The van der Waals surface area contributed by atoms with Gasteiger partial charge in [0.15, 0.2) is 5.96 Å². The largest absolute Gasteiger partial charge is 0.481 e. The number of methoxy groups -OCH3 is 1. The highest BCUT2D eigenvalue weighted by Crippen LogP contribution is 2.15. The molecule has 0 saturated heterocycles. The summed E-state index contributed by atoms with van der Waals surface area (Å²) in [5, 5.41) is 16.2. The predicted molar refractivity (Wildman–Crippen MR) is 115 cm³/mol. The van der Waals surface area contributed by atoms with Crippen molar-refractivity contribution in [3.8, 4) is 5.88 Å². The van der Waals surface area contributed by atoms with Gasteiger partial charge in [0, 0.05) is 30.8 Å². The second-order valence-corrected chi connectivity index (χ2v) is 5.54. The molecule has 7 heteroatoms. The molecule has 0 spiro atoms. The van der Waals surface area contributed by atoms with E-state index in [1.807, 2.05) is 49.4 Å². The zero-order chi connectivity index (χ0) is 17.9. The number of aliphatic hydroxyl groups is 1. The van der Waals surface area contributed by atoms with Gasteiger partial charge in [-0.25, -0.2) is 9.98 Å². The van der Waals surface area contributed by atoms with Gasteiger partial charge in [-0.1, -0.05) is 36.4 Å². The summed E-state index contributed by atoms with van der Waals surface area (Å²) in [6.45, 7) is 3.90. The second-order valence-electron chi connectivity index (χ2n) is 5.54. The molecule has 1 heterocycles. The van der Waals surface area contributed by atoms with Gasteiger partial charge in [0.05, 0.1) is 20.3 Å². The molecule has 0 fully saturated rings. The number of rotatable bonds is 8. The lowest BCUT2D eigenvalue weighted by atomic mass is 10.0. The smallest absolute Gasteiger partial charge is 0.218 e. The molecule has 0 radical (unpaired) electrons. The fourth-order valence-electron chi connectivity index (χ4n) is 2.47. The quantitative estimate of drug-likeness (QED) is 0.314. The minimum Gasteiger partial charge on any atom is -0.481 e. The van der Waals surface area contributed by atoms with Crippen molar-refractivity contribution in [2.45, 2.75) is 19.4 Å². The number of guanidine groups is 1. The number of aliphatic imine (C=N–C) groups is 1. The molecule has 142 valence electrons. The second kappa shape index (κ2) is 12.5. The topological polar surface area (TPSA) is 78.8 Å². The maximum Gasteiger partial charge on any atom is 0.218 e. The summed E-state index contributed by atoms with van der Waals surface area (Å²) in [5.41, 5.74) is 2.02. The van der Waals surface area contributed by atoms with E-state index in [0.29, 0.717) is 24.9 Å². The van der Waals surface area contributed by atoms with E-state index in [4.69, 9.17) is 4.74 Å². The third-order valence-corrected chi connectivity index (χ3v) is 3.80. The van der Waals surface area contributed by atoms with E-state index >= 15 is 0 Å². The number of aromatic nitrogens is 1. The highest BCUT2D eigenvalue weighted by atomic mass is 127. The summed E-state index contributed by atoms with van der Waals surface area (Å²) in [6, 6.07) is 13.8. The fourth-order valence-corrected chi connectivity index (χ4v) is 2.47. The van der Waals surface area contributed by atoms with Gasteiger partial charge in [-0.2, -0.15) is 0 Å². The Morgan fingerprint density at radius 2 is 1.96 bits per heavy atom. The Morgan fingerprint density at radius 1 is 1.19 bits per heavy atom. The van der Waals surface area contributed by atoms with E-state index in [1.54, 1.807) is 13.3 Å². The lowest BCUT2D eigenvalue weighted by molar-refractivity contribution is 0.265. The summed E-state index contributed by atoms with van der Waals surface area (Å²) in [5.74, 6) is 1.29. The van der Waals surface area contributed by atoms with Gasteiger partial charge < -0.3 is 20.5 Å². The molecule has 2 rings (SSSR count). The van der Waals surface area contributed by atoms with Gasteiger partial charge >= 0.3 is 0 Å². The Kier molecular flexibility index (Phi) is 10.6. The zero-order valence-electron chi connectivity index (χ0n) is 15.2. The highest BCUT2D eigenvalue weighted by molar-refractivity contribution is 14.0. The molecule has 6 nitrogen and oxygen atoms in total. The molecular formula is C19H27IN4O2. The Hall–Kier alpha value is -1.87. The number of nitrogens with zero attached hydrogens (tertiary/aromatic N) is 2. The molecule has 2 aromatic rings. The van der Waals surface area contributed by atoms with Crippen molar-refractivity contribution in [3.05, 3.63) is 59.8 Å². The summed E-state index contributed by atoms with van der Waals surface area (Å²) in [6.07, 6.45) is 1.70. The van der Waals surface area contributed by atoms with Crippen LogP contribution in [0.3, 0.4) is 0 Å². The normalized spacial score (nSPS) is 12.0. The van der Waals surface area contributed by atoms with Crippen LogP contribution in [0.25, 0.3) is 0 Å². The van der Waals surface area contributed by atoms with E-state index in [2.05, 4.69) is 20.6 Å². The first kappa shape index (κ1) is 22.2. The van der Waals surface area contributed by atoms with Crippen LogP contribution in [0.5, 0.6) is 5.88 Å². The van der Waals surface area contributed by atoms with Gasteiger partial charge in [0.25, 0.3) is 0 Å². The van der Waals surface area contributed by atoms with Gasteiger partial charge in [-0.15, -0.1) is 24.0 Å². The van der Waals surface area contributed by atoms with Crippen LogP contribution in [0.15, 0.2) is 53.7 Å². The van der Waals surface area contributed by atoms with Crippen LogP contribution in [-0.2, 0) is 6.54 Å². The van der Waals surface area contributed by atoms with Gasteiger partial charge in [0.1, 0.15) is 0 Å². The molecule has 0 aliphatic heterocycles. The van der Waals surface area contributed by atoms with Crippen molar-refractivity contribution in [3.63, 3.8) is 0 Å². The molecule has 1 atom stereocenters. The number of aliphatic hydroxyl groups excluding tert-OH is 1. The van der Waals surface area contributed by atoms with Crippen LogP contribution in [0.1, 0.15) is 24.0 Å². The molecule has 0 saturated carbocycles. The fraction of sp³-hybridized carbons (Fsp3) is 0.368. The molecule has 1 aromatic carbocycles. The highest BCUT2D eigenvalue weighted by Gasteiger charge is 2.11. The first-order chi connectivity index (χ1) is 12.3. The molecular weight excluding hydrogens is 443 g/mol. The monoisotopic (exact) mass is 470 g/mol. The minimum absolute atomic E-state index is 0. The van der Waals surface area contributed by atoms with Gasteiger partial charge in [-0.3, -0.25) is 0 Å². The summed E-state index contributed by atoms with van der Waals surface area (Å²) >= 11 is 0. The van der Waals surface area contributed by atoms with Gasteiger partial charge in [0.2, 0.25) is 5.88 Å². The number of halogens is 1. The van der Waals surface area contributed by atoms with Crippen molar-refractivity contribution in [2.75, 3.05) is 26.8 Å². The predicted octanol–water partition coefficient (Wildman–Crippen LogP) is 2.54. The molecule has 3 N–H and O–H groups in total. The average molecular weight is 470 g/mol. The first-order valence-electron chi connectivity index (χ1n) is 8.44. The van der Waals surface area contributed by atoms with Crippen LogP contribution >= 0.6 is 24.0 Å². The number of benzene rings is 1. The van der Waals surface area contributed by atoms with Crippen LogP contribution in [0, 0.1) is 0 Å². The lowest BCUT2D eigenvalue weighted by Crippen LogP contribution is -2.39. The van der Waals surface area contributed by atoms with Crippen molar-refractivity contribution in [1.82, 2.24) is 15.6 Å².